The number of hydrogen-bond acceptors (Lipinski definition) is 7. The number of benzene rings is 1. The number of nitrogens with zero attached hydrogens (tertiary/aromatic N) is 5. The van der Waals surface area contributed by atoms with Crippen LogP contribution in [-0.2, 0) is 11.3 Å². The maximum absolute atomic E-state index is 6.39. The molecule has 0 saturated heterocycles. The molecular weight excluding hydrogens is 402 g/mol. The van der Waals surface area contributed by atoms with E-state index in [-0.39, 0.29) is 0 Å². The van der Waals surface area contributed by atoms with Crippen LogP contribution >= 0.6 is 34.7 Å². The third-order valence-electron chi connectivity index (χ3n) is 3.97. The maximum Gasteiger partial charge on any atom is 0.197 e. The van der Waals surface area contributed by atoms with Gasteiger partial charge in [-0.2, -0.15) is 0 Å². The van der Waals surface area contributed by atoms with Crippen LogP contribution < -0.4 is 0 Å². The highest BCUT2D eigenvalue weighted by Crippen LogP contribution is 2.35. The Hall–Kier alpha value is -2.00. The van der Waals surface area contributed by atoms with Crippen LogP contribution in [0.15, 0.2) is 52.2 Å². The largest absolute Gasteiger partial charge is 0.385 e. The zero-order valence-corrected chi connectivity index (χ0v) is 16.9. The van der Waals surface area contributed by atoms with Gasteiger partial charge in [0.05, 0.1) is 5.02 Å². The lowest BCUT2D eigenvalue weighted by atomic mass is 10.2. The van der Waals surface area contributed by atoms with Crippen LogP contribution in [0.1, 0.15) is 6.42 Å². The molecule has 0 aliphatic carbocycles. The van der Waals surface area contributed by atoms with E-state index in [4.69, 9.17) is 16.3 Å². The summed E-state index contributed by atoms with van der Waals surface area (Å²) in [5.74, 6) is 0.745. The average Bonchev–Trinajstić information content (AvgIpc) is 3.31. The van der Waals surface area contributed by atoms with Crippen molar-refractivity contribution in [2.24, 2.45) is 0 Å². The van der Waals surface area contributed by atoms with Gasteiger partial charge in [-0.25, -0.2) is 9.97 Å². The van der Waals surface area contributed by atoms with E-state index in [9.17, 15) is 0 Å². The van der Waals surface area contributed by atoms with Crippen molar-refractivity contribution >= 4 is 44.9 Å². The fourth-order valence-electron chi connectivity index (χ4n) is 2.71. The number of aromatic nitrogens is 5. The predicted molar refractivity (Wildman–Crippen MR) is 108 cm³/mol. The molecule has 0 saturated carbocycles. The maximum atomic E-state index is 6.39. The molecule has 27 heavy (non-hydrogen) atoms. The van der Waals surface area contributed by atoms with Crippen LogP contribution in [-0.4, -0.2) is 38.4 Å². The lowest BCUT2D eigenvalue weighted by molar-refractivity contribution is 0.189. The summed E-state index contributed by atoms with van der Waals surface area (Å²) in [6, 6.07) is 9.69. The molecule has 3 aromatic heterocycles. The molecular formula is C18H16ClN5OS2. The molecule has 1 aromatic carbocycles. The molecule has 0 fully saturated rings. The predicted octanol–water partition coefficient (Wildman–Crippen LogP) is 4.79. The van der Waals surface area contributed by atoms with Crippen LogP contribution in [0.4, 0.5) is 0 Å². The fraction of sp³-hybridized carbons (Fsp3) is 0.222. The number of hydrogen-bond donors (Lipinski definition) is 0. The molecule has 0 amide bonds. The Balaban J connectivity index is 1.74. The third-order valence-corrected chi connectivity index (χ3v) is 6.13. The minimum Gasteiger partial charge on any atom is -0.385 e. The van der Waals surface area contributed by atoms with Gasteiger partial charge >= 0.3 is 0 Å². The molecule has 0 radical (unpaired) electrons. The monoisotopic (exact) mass is 417 g/mol. The number of methoxy groups -OCH3 is 1. The average molecular weight is 418 g/mol. The van der Waals surface area contributed by atoms with E-state index in [1.54, 1.807) is 24.8 Å². The number of halogens is 1. The molecule has 9 heteroatoms. The molecule has 4 rings (SSSR count). The van der Waals surface area contributed by atoms with Crippen LogP contribution in [0.5, 0.6) is 0 Å². The van der Waals surface area contributed by atoms with Gasteiger partial charge < -0.3 is 9.30 Å². The van der Waals surface area contributed by atoms with Gasteiger partial charge in [0.15, 0.2) is 11.0 Å². The molecule has 0 unspecified atom stereocenters. The summed E-state index contributed by atoms with van der Waals surface area (Å²) in [5.41, 5.74) is 0.860. The zero-order valence-electron chi connectivity index (χ0n) is 14.5. The van der Waals surface area contributed by atoms with Crippen molar-refractivity contribution in [1.29, 1.82) is 0 Å². The van der Waals surface area contributed by atoms with Crippen molar-refractivity contribution in [1.82, 2.24) is 24.7 Å². The summed E-state index contributed by atoms with van der Waals surface area (Å²) >= 11 is 9.48. The van der Waals surface area contributed by atoms with Gasteiger partial charge in [-0.3, -0.25) is 0 Å². The molecule has 0 bridgehead atoms. The fourth-order valence-corrected chi connectivity index (χ4v) is 4.64. The second-order valence-electron chi connectivity index (χ2n) is 5.70. The van der Waals surface area contributed by atoms with E-state index in [2.05, 4.69) is 24.7 Å². The second-order valence-corrected chi connectivity index (χ2v) is 7.96. The van der Waals surface area contributed by atoms with Crippen LogP contribution in [0.3, 0.4) is 0 Å². The second kappa shape index (κ2) is 8.35. The molecule has 0 aliphatic heterocycles. The topological polar surface area (TPSA) is 65.7 Å². The van der Waals surface area contributed by atoms with Crippen LogP contribution in [0.25, 0.3) is 21.6 Å². The molecule has 0 N–H and O–H groups in total. The zero-order chi connectivity index (χ0) is 18.6. The minimum atomic E-state index is 0.650. The van der Waals surface area contributed by atoms with Crippen molar-refractivity contribution in [3.63, 3.8) is 0 Å². The van der Waals surface area contributed by atoms with Gasteiger partial charge in [-0.15, -0.1) is 21.5 Å². The van der Waals surface area contributed by atoms with E-state index in [0.717, 1.165) is 44.8 Å². The summed E-state index contributed by atoms with van der Waals surface area (Å²) in [4.78, 5) is 9.71. The Labute approximate surface area is 169 Å². The Morgan fingerprint density at radius 3 is 2.93 bits per heavy atom. The summed E-state index contributed by atoms with van der Waals surface area (Å²) in [6.45, 7) is 1.38. The van der Waals surface area contributed by atoms with E-state index in [0.29, 0.717) is 11.6 Å². The van der Waals surface area contributed by atoms with Crippen molar-refractivity contribution in [2.45, 2.75) is 23.1 Å². The Kier molecular flexibility index (Phi) is 5.68. The summed E-state index contributed by atoms with van der Waals surface area (Å²) in [5, 5.41) is 14.2. The number of thiophene rings is 1. The van der Waals surface area contributed by atoms with Gasteiger partial charge in [0.1, 0.15) is 16.2 Å². The van der Waals surface area contributed by atoms with E-state index < -0.39 is 0 Å². The van der Waals surface area contributed by atoms with Crippen molar-refractivity contribution < 1.29 is 4.74 Å². The molecule has 6 nitrogen and oxygen atoms in total. The summed E-state index contributed by atoms with van der Waals surface area (Å²) in [6.07, 6.45) is 2.43. The first kappa shape index (κ1) is 18.4. The molecule has 4 aromatic rings. The van der Waals surface area contributed by atoms with E-state index in [1.165, 1.54) is 11.8 Å². The Morgan fingerprint density at radius 2 is 2.07 bits per heavy atom. The smallest absolute Gasteiger partial charge is 0.197 e. The third kappa shape index (κ3) is 3.84. The lowest BCUT2D eigenvalue weighted by Crippen LogP contribution is -2.05. The first-order chi connectivity index (χ1) is 13.3. The summed E-state index contributed by atoms with van der Waals surface area (Å²) < 4.78 is 7.28. The molecule has 3 heterocycles. The van der Waals surface area contributed by atoms with E-state index >= 15 is 0 Å². The van der Waals surface area contributed by atoms with Gasteiger partial charge in [-0.05, 0) is 41.8 Å². The van der Waals surface area contributed by atoms with E-state index in [1.807, 2.05) is 35.7 Å². The number of fused-ring (bicyclic) bond motifs is 1. The quantitative estimate of drug-likeness (QED) is 0.318. The molecule has 0 atom stereocenters. The highest BCUT2D eigenvalue weighted by Gasteiger charge is 2.18. The molecule has 0 aliphatic rings. The SMILES string of the molecule is COCCCn1c(Sc2ncnc3sccc23)nnc1-c1ccccc1Cl. The standard InChI is InChI=1S/C18H16ClN5OS2/c1-25-9-4-8-24-15(12-5-2-3-6-14(12)19)22-23-18(24)27-17-13-7-10-26-16(13)20-11-21-17/h2-3,5-7,10-11H,4,8-9H2,1H3. The number of rotatable bonds is 7. The van der Waals surface area contributed by atoms with Gasteiger partial charge in [0.25, 0.3) is 0 Å². The van der Waals surface area contributed by atoms with Gasteiger partial charge in [-0.1, -0.05) is 23.7 Å². The normalized spacial score (nSPS) is 11.3. The number of ether oxygens (including phenoxy) is 1. The highest BCUT2D eigenvalue weighted by atomic mass is 35.5. The Bertz CT molecular complexity index is 1060. The minimum absolute atomic E-state index is 0.650. The molecule has 0 spiro atoms. The van der Waals surface area contributed by atoms with Crippen molar-refractivity contribution in [3.8, 4) is 11.4 Å². The first-order valence-electron chi connectivity index (χ1n) is 8.31. The van der Waals surface area contributed by atoms with Crippen molar-refractivity contribution in [3.05, 3.63) is 47.1 Å². The van der Waals surface area contributed by atoms with Crippen molar-refractivity contribution in [2.75, 3.05) is 13.7 Å². The molecule has 138 valence electrons. The highest BCUT2D eigenvalue weighted by molar-refractivity contribution is 7.99. The lowest BCUT2D eigenvalue weighted by Gasteiger charge is -2.11. The summed E-state index contributed by atoms with van der Waals surface area (Å²) in [7, 11) is 1.70. The van der Waals surface area contributed by atoms with Gasteiger partial charge in [0, 0.05) is 31.2 Å². The van der Waals surface area contributed by atoms with Gasteiger partial charge in [0.2, 0.25) is 0 Å². The first-order valence-corrected chi connectivity index (χ1v) is 10.4. The Morgan fingerprint density at radius 1 is 1.19 bits per heavy atom. The van der Waals surface area contributed by atoms with Crippen LogP contribution in [0, 0.1) is 0 Å². The van der Waals surface area contributed by atoms with Crippen LogP contribution in [0.2, 0.25) is 5.02 Å².